The first kappa shape index (κ1) is 20.0. The third-order valence-corrected chi connectivity index (χ3v) is 4.48. The molecule has 0 atom stereocenters. The summed E-state index contributed by atoms with van der Waals surface area (Å²) in [6.07, 6.45) is 0.0345. The van der Waals surface area contributed by atoms with Gasteiger partial charge in [0, 0.05) is 5.69 Å². The Labute approximate surface area is 149 Å². The van der Waals surface area contributed by atoms with Crippen LogP contribution in [-0.4, -0.2) is 22.1 Å². The van der Waals surface area contributed by atoms with Crippen LogP contribution in [0, 0.1) is 0 Å². The van der Waals surface area contributed by atoms with Gasteiger partial charge in [0.15, 0.2) is 0 Å². The first-order chi connectivity index (χ1) is 10.7. The van der Waals surface area contributed by atoms with Gasteiger partial charge in [-0.05, 0) is 49.0 Å². The van der Waals surface area contributed by atoms with Gasteiger partial charge in [-0.1, -0.05) is 57.7 Å². The lowest BCUT2D eigenvalue weighted by Crippen LogP contribution is -2.19. The number of thioether (sulfide) groups is 1. The number of carbonyl (C=O) groups excluding carboxylic acids is 1. The number of rotatable bonds is 6. The van der Waals surface area contributed by atoms with E-state index in [2.05, 4.69) is 51.2 Å². The summed E-state index contributed by atoms with van der Waals surface area (Å²) in [6, 6.07) is 6.21. The second-order valence-corrected chi connectivity index (χ2v) is 7.95. The average Bonchev–Trinajstić information content (AvgIpc) is 2.44. The van der Waals surface area contributed by atoms with E-state index in [9.17, 15) is 4.79 Å². The molecule has 0 aliphatic rings. The molecule has 0 aliphatic carbocycles. The molecule has 0 heterocycles. The van der Waals surface area contributed by atoms with E-state index in [0.717, 1.165) is 16.8 Å². The highest BCUT2D eigenvalue weighted by Crippen LogP contribution is 2.32. The summed E-state index contributed by atoms with van der Waals surface area (Å²) in [4.78, 5) is 12.3. The van der Waals surface area contributed by atoms with Crippen LogP contribution in [0.3, 0.4) is 0 Å². The maximum absolute atomic E-state index is 12.3. The molecular weight excluding hydrogens is 326 g/mol. The minimum atomic E-state index is -0.0558. The number of para-hydroxylation sites is 1. The summed E-state index contributed by atoms with van der Waals surface area (Å²) in [5.41, 5.74) is 3.27. The average molecular weight is 354 g/mol. The van der Waals surface area contributed by atoms with Gasteiger partial charge in [0.05, 0.1) is 11.9 Å². The molecule has 23 heavy (non-hydrogen) atoms. The van der Waals surface area contributed by atoms with E-state index in [0.29, 0.717) is 16.2 Å². The van der Waals surface area contributed by atoms with E-state index in [1.807, 2.05) is 13.8 Å². The molecule has 1 aromatic carbocycles. The van der Waals surface area contributed by atoms with Crippen molar-refractivity contribution in [2.45, 2.75) is 59.5 Å². The van der Waals surface area contributed by atoms with Crippen LogP contribution >= 0.6 is 24.0 Å². The lowest BCUT2D eigenvalue weighted by molar-refractivity contribution is -0.113. The van der Waals surface area contributed by atoms with Gasteiger partial charge in [0.2, 0.25) is 10.3 Å². The lowest BCUT2D eigenvalue weighted by Gasteiger charge is -2.20. The topological polar surface area (TPSA) is 38.3 Å². The van der Waals surface area contributed by atoms with Crippen LogP contribution in [0.2, 0.25) is 0 Å². The molecule has 0 saturated carbocycles. The number of amides is 1. The minimum absolute atomic E-state index is 0.0345. The van der Waals surface area contributed by atoms with Crippen molar-refractivity contribution in [3.05, 3.63) is 29.3 Å². The predicted molar refractivity (Wildman–Crippen MR) is 105 cm³/mol. The number of anilines is 1. The first-order valence-corrected chi connectivity index (χ1v) is 9.37. The Bertz CT molecular complexity index is 528. The summed E-state index contributed by atoms with van der Waals surface area (Å²) in [7, 11) is 0. The lowest BCUT2D eigenvalue weighted by atomic mass is 9.92. The van der Waals surface area contributed by atoms with Gasteiger partial charge >= 0.3 is 0 Å². The van der Waals surface area contributed by atoms with Crippen molar-refractivity contribution < 1.29 is 9.53 Å². The molecule has 0 bridgehead atoms. The Kier molecular flexibility index (Phi) is 8.06. The second-order valence-electron chi connectivity index (χ2n) is 6.37. The zero-order chi connectivity index (χ0) is 17.6. The highest BCUT2D eigenvalue weighted by Gasteiger charge is 2.16. The Morgan fingerprint density at radius 2 is 1.65 bits per heavy atom. The van der Waals surface area contributed by atoms with Crippen molar-refractivity contribution in [2.24, 2.45) is 0 Å². The van der Waals surface area contributed by atoms with Crippen LogP contribution in [0.1, 0.15) is 64.5 Å². The fourth-order valence-electron chi connectivity index (χ4n) is 2.22. The van der Waals surface area contributed by atoms with Crippen LogP contribution < -0.4 is 5.32 Å². The Balaban J connectivity index is 2.82. The summed E-state index contributed by atoms with van der Waals surface area (Å²) >= 11 is 6.37. The van der Waals surface area contributed by atoms with Gasteiger partial charge in [-0.15, -0.1) is 0 Å². The third kappa shape index (κ3) is 6.51. The zero-order valence-electron chi connectivity index (χ0n) is 14.8. The van der Waals surface area contributed by atoms with E-state index in [1.54, 1.807) is 0 Å². The van der Waals surface area contributed by atoms with Crippen molar-refractivity contribution >= 4 is 40.0 Å². The molecule has 128 valence electrons. The molecule has 0 unspecified atom stereocenters. The molecule has 0 radical (unpaired) electrons. The Hall–Kier alpha value is -1.07. The Morgan fingerprint density at radius 1 is 1.13 bits per heavy atom. The quantitative estimate of drug-likeness (QED) is 0.703. The molecule has 1 aromatic rings. The summed E-state index contributed by atoms with van der Waals surface area (Å²) in [5.74, 6) is 0.902. The van der Waals surface area contributed by atoms with Gasteiger partial charge in [-0.3, -0.25) is 4.79 Å². The molecule has 0 aromatic heterocycles. The van der Waals surface area contributed by atoms with Gasteiger partial charge in [-0.25, -0.2) is 0 Å². The van der Waals surface area contributed by atoms with Gasteiger partial charge < -0.3 is 10.1 Å². The van der Waals surface area contributed by atoms with E-state index in [-0.39, 0.29) is 17.8 Å². The molecule has 3 nitrogen and oxygen atoms in total. The fourth-order valence-corrected chi connectivity index (χ4v) is 3.17. The van der Waals surface area contributed by atoms with Crippen LogP contribution in [0.4, 0.5) is 5.69 Å². The van der Waals surface area contributed by atoms with E-state index in [4.69, 9.17) is 17.0 Å². The standard InChI is InChI=1S/C18H27NO2S2/c1-11(2)14-8-7-9-15(12(3)4)17(14)19-16(20)10-23-18(22)21-13(5)6/h7-9,11-13H,10H2,1-6H3,(H,19,20). The monoisotopic (exact) mass is 353 g/mol. The molecule has 0 aliphatic heterocycles. The molecule has 0 fully saturated rings. The number of thiocarbonyl (C=S) groups is 1. The van der Waals surface area contributed by atoms with Crippen molar-refractivity contribution in [3.63, 3.8) is 0 Å². The minimum Gasteiger partial charge on any atom is -0.476 e. The number of benzene rings is 1. The molecule has 5 heteroatoms. The van der Waals surface area contributed by atoms with E-state index >= 15 is 0 Å². The number of hydrogen-bond donors (Lipinski definition) is 1. The molecular formula is C18H27NO2S2. The number of hydrogen-bond acceptors (Lipinski definition) is 4. The maximum Gasteiger partial charge on any atom is 0.234 e. The summed E-state index contributed by atoms with van der Waals surface area (Å²) in [5, 5.41) is 3.08. The van der Waals surface area contributed by atoms with E-state index < -0.39 is 0 Å². The highest BCUT2D eigenvalue weighted by atomic mass is 32.2. The van der Waals surface area contributed by atoms with Crippen molar-refractivity contribution in [1.29, 1.82) is 0 Å². The van der Waals surface area contributed by atoms with Crippen molar-refractivity contribution in [3.8, 4) is 0 Å². The molecule has 1 N–H and O–H groups in total. The van der Waals surface area contributed by atoms with Crippen LogP contribution in [0.5, 0.6) is 0 Å². The van der Waals surface area contributed by atoms with Crippen molar-refractivity contribution in [2.75, 3.05) is 11.1 Å². The van der Waals surface area contributed by atoms with Crippen LogP contribution in [0.15, 0.2) is 18.2 Å². The maximum atomic E-state index is 12.3. The van der Waals surface area contributed by atoms with E-state index in [1.165, 1.54) is 11.8 Å². The second kappa shape index (κ2) is 9.28. The largest absolute Gasteiger partial charge is 0.476 e. The predicted octanol–water partition coefficient (Wildman–Crippen LogP) is 5.32. The Morgan fingerprint density at radius 3 is 2.09 bits per heavy atom. The SMILES string of the molecule is CC(C)OC(=S)SCC(=O)Nc1c(C(C)C)cccc1C(C)C. The number of carbonyl (C=O) groups is 1. The fraction of sp³-hybridized carbons (Fsp3) is 0.556. The number of nitrogens with one attached hydrogen (secondary N) is 1. The van der Waals surface area contributed by atoms with Gasteiger partial charge in [-0.2, -0.15) is 0 Å². The normalized spacial score (nSPS) is 11.2. The zero-order valence-corrected chi connectivity index (χ0v) is 16.4. The summed E-state index contributed by atoms with van der Waals surface area (Å²) < 4.78 is 5.80. The van der Waals surface area contributed by atoms with Crippen LogP contribution in [-0.2, 0) is 9.53 Å². The first-order valence-electron chi connectivity index (χ1n) is 7.98. The molecule has 0 saturated heterocycles. The molecule has 1 rings (SSSR count). The smallest absolute Gasteiger partial charge is 0.234 e. The summed E-state index contributed by atoms with van der Waals surface area (Å²) in [6.45, 7) is 12.4. The number of ether oxygens (including phenoxy) is 1. The third-order valence-electron chi connectivity index (χ3n) is 3.29. The van der Waals surface area contributed by atoms with Gasteiger partial charge in [0.25, 0.3) is 0 Å². The highest BCUT2D eigenvalue weighted by molar-refractivity contribution is 8.23. The molecule has 0 spiro atoms. The van der Waals surface area contributed by atoms with Crippen LogP contribution in [0.25, 0.3) is 0 Å². The van der Waals surface area contributed by atoms with Crippen molar-refractivity contribution in [1.82, 2.24) is 0 Å². The molecule has 1 amide bonds. The van der Waals surface area contributed by atoms with Gasteiger partial charge in [0.1, 0.15) is 0 Å².